The fourth-order valence-electron chi connectivity index (χ4n) is 0.524. The van der Waals surface area contributed by atoms with E-state index in [1.807, 2.05) is 0 Å². The minimum absolute atomic E-state index is 0.162. The summed E-state index contributed by atoms with van der Waals surface area (Å²) in [5, 5.41) is 8.01. The highest BCUT2D eigenvalue weighted by Gasteiger charge is 2.32. The first kappa shape index (κ1) is 10.3. The van der Waals surface area contributed by atoms with Gasteiger partial charge in [-0.2, -0.15) is 0 Å². The van der Waals surface area contributed by atoms with Gasteiger partial charge in [0.15, 0.2) is 0 Å². The van der Waals surface area contributed by atoms with Gasteiger partial charge in [-0.25, -0.2) is 8.78 Å². The molecule has 0 rings (SSSR count). The number of halogens is 2. The van der Waals surface area contributed by atoms with Crippen LogP contribution in [0.5, 0.6) is 0 Å². The van der Waals surface area contributed by atoms with Crippen LogP contribution in [-0.2, 0) is 9.53 Å². The van der Waals surface area contributed by atoms with Crippen LogP contribution in [0, 0.1) is 0 Å². The fourth-order valence-corrected chi connectivity index (χ4v) is 0.524. The molecule has 0 saturated carbocycles. The number of ether oxygens (including phenoxy) is 1. The van der Waals surface area contributed by atoms with E-state index < -0.39 is 24.9 Å². The predicted octanol–water partition coefficient (Wildman–Crippen LogP) is 1.13. The summed E-state index contributed by atoms with van der Waals surface area (Å²) in [5.74, 6) is -4.77. The Labute approximate surface area is 63.0 Å². The summed E-state index contributed by atoms with van der Waals surface area (Å²) in [6, 6.07) is 0. The quantitative estimate of drug-likeness (QED) is 0.669. The van der Waals surface area contributed by atoms with Crippen molar-refractivity contribution < 1.29 is 23.4 Å². The van der Waals surface area contributed by atoms with E-state index in [1.54, 1.807) is 6.92 Å². The molecule has 0 aliphatic rings. The van der Waals surface area contributed by atoms with E-state index in [0.29, 0.717) is 0 Å². The first-order valence-corrected chi connectivity index (χ1v) is 3.15. The summed E-state index contributed by atoms with van der Waals surface area (Å²) in [7, 11) is 0. The van der Waals surface area contributed by atoms with Gasteiger partial charge >= 0.3 is 5.97 Å². The summed E-state index contributed by atoms with van der Waals surface area (Å²) in [6.07, 6.45) is -1.17. The van der Waals surface area contributed by atoms with Crippen molar-refractivity contribution in [3.8, 4) is 0 Å². The van der Waals surface area contributed by atoms with Gasteiger partial charge in [0.2, 0.25) is 0 Å². The zero-order chi connectivity index (χ0) is 8.91. The van der Waals surface area contributed by atoms with Crippen molar-refractivity contribution >= 4 is 5.97 Å². The van der Waals surface area contributed by atoms with E-state index in [9.17, 15) is 13.6 Å². The Bertz CT molecular complexity index is 136. The highest BCUT2D eigenvalue weighted by Crippen LogP contribution is 2.18. The molecule has 66 valence electrons. The van der Waals surface area contributed by atoms with Crippen molar-refractivity contribution in [2.45, 2.75) is 19.3 Å². The Morgan fingerprint density at radius 3 is 2.55 bits per heavy atom. The number of aliphatic carboxylic acids is 1. The molecule has 0 bridgehead atoms. The van der Waals surface area contributed by atoms with Crippen molar-refractivity contribution in [3.05, 3.63) is 0 Å². The van der Waals surface area contributed by atoms with Crippen molar-refractivity contribution in [1.29, 1.82) is 0 Å². The van der Waals surface area contributed by atoms with E-state index in [-0.39, 0.29) is 6.61 Å². The van der Waals surface area contributed by atoms with Gasteiger partial charge in [-0.15, -0.1) is 0 Å². The van der Waals surface area contributed by atoms with Crippen LogP contribution in [0.1, 0.15) is 13.3 Å². The first-order chi connectivity index (χ1) is 4.98. The normalized spacial score (nSPS) is 11.5. The Kier molecular flexibility index (Phi) is 3.95. The molecule has 0 amide bonds. The largest absolute Gasteiger partial charge is 0.481 e. The molecule has 0 spiro atoms. The number of hydrogen-bond donors (Lipinski definition) is 1. The van der Waals surface area contributed by atoms with Crippen LogP contribution >= 0.6 is 0 Å². The van der Waals surface area contributed by atoms with Crippen LogP contribution < -0.4 is 0 Å². The monoisotopic (exact) mass is 168 g/mol. The third-order valence-corrected chi connectivity index (χ3v) is 0.927. The second-order valence-electron chi connectivity index (χ2n) is 2.06. The lowest BCUT2D eigenvalue weighted by atomic mass is 10.2. The number of hydrogen-bond acceptors (Lipinski definition) is 2. The molecule has 0 aromatic heterocycles. The molecular weight excluding hydrogens is 158 g/mol. The summed E-state index contributed by atoms with van der Waals surface area (Å²) in [5.41, 5.74) is 0. The van der Waals surface area contributed by atoms with Gasteiger partial charge in [0.1, 0.15) is 13.0 Å². The number of carboxylic acids is 1. The molecule has 0 unspecified atom stereocenters. The van der Waals surface area contributed by atoms with Crippen molar-refractivity contribution in [1.82, 2.24) is 0 Å². The molecule has 0 aromatic carbocycles. The van der Waals surface area contributed by atoms with E-state index in [4.69, 9.17) is 5.11 Å². The molecule has 0 aromatic rings. The van der Waals surface area contributed by atoms with E-state index in [0.717, 1.165) is 0 Å². The lowest BCUT2D eigenvalue weighted by molar-refractivity contribution is -0.149. The Morgan fingerprint density at radius 2 is 2.18 bits per heavy atom. The average Bonchev–Trinajstić information content (AvgIpc) is 1.81. The van der Waals surface area contributed by atoms with Crippen molar-refractivity contribution in [2.75, 3.05) is 13.2 Å². The minimum Gasteiger partial charge on any atom is -0.481 e. The first-order valence-electron chi connectivity index (χ1n) is 3.15. The van der Waals surface area contributed by atoms with Gasteiger partial charge in [-0.3, -0.25) is 4.79 Å². The van der Waals surface area contributed by atoms with Crippen molar-refractivity contribution in [3.63, 3.8) is 0 Å². The Balaban J connectivity index is 3.70. The lowest BCUT2D eigenvalue weighted by Crippen LogP contribution is -2.27. The molecule has 1 N–H and O–H groups in total. The van der Waals surface area contributed by atoms with Crippen LogP contribution in [-0.4, -0.2) is 30.2 Å². The number of rotatable bonds is 5. The van der Waals surface area contributed by atoms with Crippen LogP contribution in [0.2, 0.25) is 0 Å². The third-order valence-electron chi connectivity index (χ3n) is 0.927. The summed E-state index contributed by atoms with van der Waals surface area (Å²) < 4.78 is 29.1. The van der Waals surface area contributed by atoms with Crippen LogP contribution in [0.4, 0.5) is 8.78 Å². The minimum atomic E-state index is -3.25. The van der Waals surface area contributed by atoms with Crippen LogP contribution in [0.25, 0.3) is 0 Å². The SMILES string of the molecule is CCOCC(F)(F)CC(=O)O. The van der Waals surface area contributed by atoms with Gasteiger partial charge in [-0.1, -0.05) is 0 Å². The number of alkyl halides is 2. The van der Waals surface area contributed by atoms with E-state index >= 15 is 0 Å². The molecular formula is C6H10F2O3. The molecule has 0 aliphatic heterocycles. The summed E-state index contributed by atoms with van der Waals surface area (Å²) in [6.45, 7) is 0.905. The standard InChI is InChI=1S/C6H10F2O3/c1-2-11-4-6(7,8)3-5(9)10/h2-4H2,1H3,(H,9,10). The molecule has 0 aliphatic carbocycles. The topological polar surface area (TPSA) is 46.5 Å². The highest BCUT2D eigenvalue weighted by molar-refractivity contribution is 5.67. The second kappa shape index (κ2) is 4.23. The maximum Gasteiger partial charge on any atom is 0.309 e. The third kappa shape index (κ3) is 5.72. The molecule has 0 heterocycles. The zero-order valence-corrected chi connectivity index (χ0v) is 6.14. The molecule has 5 heteroatoms. The van der Waals surface area contributed by atoms with Gasteiger partial charge < -0.3 is 9.84 Å². The number of carboxylic acid groups (broad SMARTS) is 1. The molecule has 3 nitrogen and oxygen atoms in total. The van der Waals surface area contributed by atoms with Crippen molar-refractivity contribution in [2.24, 2.45) is 0 Å². The molecule has 0 fully saturated rings. The van der Waals surface area contributed by atoms with Gasteiger partial charge in [0, 0.05) is 6.61 Å². The van der Waals surface area contributed by atoms with Crippen LogP contribution in [0.3, 0.4) is 0 Å². The van der Waals surface area contributed by atoms with Gasteiger partial charge in [0.25, 0.3) is 5.92 Å². The van der Waals surface area contributed by atoms with E-state index in [2.05, 4.69) is 4.74 Å². The second-order valence-corrected chi connectivity index (χ2v) is 2.06. The molecule has 11 heavy (non-hydrogen) atoms. The van der Waals surface area contributed by atoms with Gasteiger partial charge in [-0.05, 0) is 6.92 Å². The van der Waals surface area contributed by atoms with Gasteiger partial charge in [0.05, 0.1) is 0 Å². The molecule has 0 radical (unpaired) electrons. The predicted molar refractivity (Wildman–Crippen MR) is 33.7 cm³/mol. The average molecular weight is 168 g/mol. The zero-order valence-electron chi connectivity index (χ0n) is 6.14. The van der Waals surface area contributed by atoms with Crippen LogP contribution in [0.15, 0.2) is 0 Å². The Hall–Kier alpha value is -0.710. The summed E-state index contributed by atoms with van der Waals surface area (Å²) >= 11 is 0. The smallest absolute Gasteiger partial charge is 0.309 e. The fraction of sp³-hybridized carbons (Fsp3) is 0.833. The lowest BCUT2D eigenvalue weighted by Gasteiger charge is -2.12. The Morgan fingerprint density at radius 1 is 1.64 bits per heavy atom. The maximum absolute atomic E-state index is 12.4. The summed E-state index contributed by atoms with van der Waals surface area (Å²) in [4.78, 5) is 9.84. The number of carbonyl (C=O) groups is 1. The molecule has 0 atom stereocenters. The van der Waals surface area contributed by atoms with E-state index in [1.165, 1.54) is 0 Å². The highest BCUT2D eigenvalue weighted by atomic mass is 19.3. The maximum atomic E-state index is 12.4. The molecule has 0 saturated heterocycles.